The largest absolute Gasteiger partial charge is 0.360 e. The second-order valence-corrected chi connectivity index (χ2v) is 9.32. The van der Waals surface area contributed by atoms with Gasteiger partial charge in [0.25, 0.3) is 10.0 Å². The summed E-state index contributed by atoms with van der Waals surface area (Å²) in [7, 11) is -4.12. The van der Waals surface area contributed by atoms with Crippen molar-refractivity contribution in [3.8, 4) is 0 Å². The third kappa shape index (κ3) is 3.56. The van der Waals surface area contributed by atoms with E-state index in [1.807, 2.05) is 25.1 Å². The van der Waals surface area contributed by atoms with Crippen molar-refractivity contribution in [2.75, 3.05) is 9.62 Å². The predicted octanol–water partition coefficient (Wildman–Crippen LogP) is 4.68. The molecule has 1 aliphatic rings. The number of Topliss-reactive ketones (excluding diaryl/α,β-unsaturated/α-hetero) is 1. The maximum Gasteiger partial charge on any atom is 0.270 e. The van der Waals surface area contributed by atoms with Gasteiger partial charge in [-0.25, -0.2) is 12.8 Å². The van der Waals surface area contributed by atoms with Gasteiger partial charge >= 0.3 is 0 Å². The molecule has 0 spiro atoms. The van der Waals surface area contributed by atoms with Gasteiger partial charge in [0.15, 0.2) is 4.91 Å². The number of sulfonamides is 1. The number of fused-ring (bicyclic) bond motifs is 1. The number of nitrogens with zero attached hydrogens (tertiary/aromatic N) is 1. The maximum atomic E-state index is 13.6. The van der Waals surface area contributed by atoms with E-state index >= 15 is 0 Å². The molecule has 0 amide bonds. The highest BCUT2D eigenvalue weighted by molar-refractivity contribution is 7.97. The van der Waals surface area contributed by atoms with Gasteiger partial charge in [-0.1, -0.05) is 30.3 Å². The number of carbonyl (C=O) groups excluding carboxylic acids is 1. The Hall–Kier alpha value is -2.97. The lowest BCUT2D eigenvalue weighted by Crippen LogP contribution is -2.38. The zero-order valence-corrected chi connectivity index (χ0v) is 17.1. The molecule has 2 aromatic carbocycles. The minimum atomic E-state index is -4.12. The summed E-state index contributed by atoms with van der Waals surface area (Å²) in [5, 5.41) is 4.62. The van der Waals surface area contributed by atoms with Crippen LogP contribution >= 0.6 is 11.3 Å². The number of nitrogens with one attached hydrogen (secondary N) is 1. The number of para-hydroxylation sites is 1. The highest BCUT2D eigenvalue weighted by Crippen LogP contribution is 2.39. The molecule has 0 radical (unpaired) electrons. The number of ketones is 1. The summed E-state index contributed by atoms with van der Waals surface area (Å²) in [4.78, 5) is 12.9. The van der Waals surface area contributed by atoms with E-state index in [1.54, 1.807) is 23.6 Å². The van der Waals surface area contributed by atoms with Crippen molar-refractivity contribution in [1.82, 2.24) is 0 Å². The molecule has 0 bridgehead atoms. The van der Waals surface area contributed by atoms with Crippen molar-refractivity contribution in [2.24, 2.45) is 0 Å². The van der Waals surface area contributed by atoms with Crippen LogP contribution in [-0.2, 0) is 16.6 Å². The monoisotopic (exact) mass is 428 g/mol. The summed E-state index contributed by atoms with van der Waals surface area (Å²) >= 11 is 1.18. The van der Waals surface area contributed by atoms with Gasteiger partial charge in [0.2, 0.25) is 5.78 Å². The van der Waals surface area contributed by atoms with E-state index in [0.29, 0.717) is 21.8 Å². The van der Waals surface area contributed by atoms with Crippen LogP contribution in [0.15, 0.2) is 71.1 Å². The van der Waals surface area contributed by atoms with Crippen LogP contribution in [0.5, 0.6) is 0 Å². The van der Waals surface area contributed by atoms with E-state index in [9.17, 15) is 17.6 Å². The number of hydrogen-bond acceptors (Lipinski definition) is 5. The van der Waals surface area contributed by atoms with E-state index < -0.39 is 21.6 Å². The van der Waals surface area contributed by atoms with Crippen molar-refractivity contribution < 1.29 is 17.6 Å². The average Bonchev–Trinajstić information content (AvgIpc) is 3.16. The van der Waals surface area contributed by atoms with Gasteiger partial charge in [-0.05, 0) is 47.7 Å². The minimum Gasteiger partial charge on any atom is -0.360 e. The molecule has 1 aromatic heterocycles. The van der Waals surface area contributed by atoms with E-state index in [1.165, 1.54) is 35.7 Å². The highest BCUT2D eigenvalue weighted by atomic mass is 32.2. The van der Waals surface area contributed by atoms with Crippen molar-refractivity contribution in [3.05, 3.63) is 92.9 Å². The van der Waals surface area contributed by atoms with Crippen LogP contribution in [0.4, 0.5) is 15.8 Å². The first-order valence-electron chi connectivity index (χ1n) is 8.79. The molecule has 1 aliphatic heterocycles. The van der Waals surface area contributed by atoms with Crippen LogP contribution in [0, 0.1) is 12.7 Å². The molecule has 0 unspecified atom stereocenters. The van der Waals surface area contributed by atoms with E-state index in [-0.39, 0.29) is 11.4 Å². The normalized spacial score (nSPS) is 16.7. The molecule has 0 aliphatic carbocycles. The smallest absolute Gasteiger partial charge is 0.270 e. The SMILES string of the molecule is Cc1ccccc1NC=C1C(=O)c2sccc2N(Cc2cccc(F)c2)S1(=O)=O. The molecule has 2 heterocycles. The number of allylic oxidation sites excluding steroid dienone is 1. The zero-order chi connectivity index (χ0) is 20.6. The zero-order valence-electron chi connectivity index (χ0n) is 15.4. The van der Waals surface area contributed by atoms with Crippen molar-refractivity contribution in [3.63, 3.8) is 0 Å². The Bertz CT molecular complexity index is 1230. The molecule has 8 heteroatoms. The fourth-order valence-electron chi connectivity index (χ4n) is 3.14. The van der Waals surface area contributed by atoms with Gasteiger partial charge in [-0.3, -0.25) is 9.10 Å². The Morgan fingerprint density at radius 3 is 2.69 bits per heavy atom. The second-order valence-electron chi connectivity index (χ2n) is 6.57. The van der Waals surface area contributed by atoms with Gasteiger partial charge in [-0.15, -0.1) is 11.3 Å². The molecular weight excluding hydrogens is 411 g/mol. The molecule has 5 nitrogen and oxygen atoms in total. The molecular formula is C21H17FN2O3S2. The Morgan fingerprint density at radius 2 is 1.93 bits per heavy atom. The Balaban J connectivity index is 1.77. The third-order valence-corrected chi connectivity index (χ3v) is 7.30. The Morgan fingerprint density at radius 1 is 1.14 bits per heavy atom. The fourth-order valence-corrected chi connectivity index (χ4v) is 5.62. The third-order valence-electron chi connectivity index (χ3n) is 4.63. The number of hydrogen-bond donors (Lipinski definition) is 1. The van der Waals surface area contributed by atoms with Crippen LogP contribution in [-0.4, -0.2) is 14.2 Å². The summed E-state index contributed by atoms with van der Waals surface area (Å²) in [6.45, 7) is 1.81. The first-order valence-corrected chi connectivity index (χ1v) is 11.1. The van der Waals surface area contributed by atoms with Crippen molar-refractivity contribution in [1.29, 1.82) is 0 Å². The fraction of sp³-hybridized carbons (Fsp3) is 0.0952. The molecule has 4 rings (SSSR count). The highest BCUT2D eigenvalue weighted by Gasteiger charge is 2.41. The first-order chi connectivity index (χ1) is 13.9. The van der Waals surface area contributed by atoms with Gasteiger partial charge in [0.1, 0.15) is 10.7 Å². The Labute approximate surface area is 172 Å². The van der Waals surface area contributed by atoms with Gasteiger partial charge in [-0.2, -0.15) is 0 Å². The number of rotatable bonds is 4. The average molecular weight is 429 g/mol. The molecule has 0 saturated heterocycles. The molecule has 148 valence electrons. The number of benzene rings is 2. The van der Waals surface area contributed by atoms with Crippen LogP contribution in [0.2, 0.25) is 0 Å². The van der Waals surface area contributed by atoms with Gasteiger partial charge in [0.05, 0.1) is 12.2 Å². The standard InChI is InChI=1S/C21H17FN2O3S2/c1-14-5-2-3-8-17(14)23-12-19-20(25)21-18(9-10-28-21)24(29(19,26)27)13-15-6-4-7-16(22)11-15/h2-12,23H,13H2,1H3. The van der Waals surface area contributed by atoms with Crippen LogP contribution < -0.4 is 9.62 Å². The second kappa shape index (κ2) is 7.46. The number of carbonyl (C=O) groups is 1. The molecule has 29 heavy (non-hydrogen) atoms. The molecule has 0 fully saturated rings. The lowest BCUT2D eigenvalue weighted by Gasteiger charge is -2.29. The summed E-state index contributed by atoms with van der Waals surface area (Å²) in [6.07, 6.45) is 1.24. The van der Waals surface area contributed by atoms with Crippen molar-refractivity contribution in [2.45, 2.75) is 13.5 Å². The lowest BCUT2D eigenvalue weighted by molar-refractivity contribution is 0.104. The maximum absolute atomic E-state index is 13.6. The number of anilines is 2. The van der Waals surface area contributed by atoms with Crippen LogP contribution in [0.25, 0.3) is 0 Å². The summed E-state index contributed by atoms with van der Waals surface area (Å²) in [5.41, 5.74) is 2.43. The van der Waals surface area contributed by atoms with Crippen molar-refractivity contribution >= 4 is 38.5 Å². The van der Waals surface area contributed by atoms with E-state index in [4.69, 9.17) is 0 Å². The van der Waals surface area contributed by atoms with Gasteiger partial charge < -0.3 is 5.32 Å². The lowest BCUT2D eigenvalue weighted by atomic mass is 10.2. The molecule has 3 aromatic rings. The van der Waals surface area contributed by atoms with Crippen LogP contribution in [0.3, 0.4) is 0 Å². The quantitative estimate of drug-likeness (QED) is 0.613. The molecule has 0 atom stereocenters. The number of thiophene rings is 1. The number of halogens is 1. The topological polar surface area (TPSA) is 66.5 Å². The first kappa shape index (κ1) is 19.4. The van der Waals surface area contributed by atoms with Crippen LogP contribution in [0.1, 0.15) is 20.8 Å². The summed E-state index contributed by atoms with van der Waals surface area (Å²) in [6, 6.07) is 14.7. The van der Waals surface area contributed by atoms with Gasteiger partial charge in [0, 0.05) is 11.9 Å². The molecule has 1 N–H and O–H groups in total. The minimum absolute atomic E-state index is 0.0706. The number of aryl methyl sites for hydroxylation is 1. The summed E-state index contributed by atoms with van der Waals surface area (Å²) in [5.74, 6) is -0.998. The predicted molar refractivity (Wildman–Crippen MR) is 113 cm³/mol. The summed E-state index contributed by atoms with van der Waals surface area (Å²) < 4.78 is 41.3. The Kier molecular flexibility index (Phi) is 4.97. The molecule has 0 saturated carbocycles. The van der Waals surface area contributed by atoms with E-state index in [2.05, 4.69) is 5.32 Å². The van der Waals surface area contributed by atoms with E-state index in [0.717, 1.165) is 9.87 Å².